The molecule has 4 rings (SSSR count). The lowest BCUT2D eigenvalue weighted by atomic mass is 9.76. The highest BCUT2D eigenvalue weighted by molar-refractivity contribution is 5.92. The van der Waals surface area contributed by atoms with E-state index >= 15 is 0 Å². The number of ether oxygens (including phenoxy) is 4. The number of hydrogen-bond donors (Lipinski definition) is 14. The highest BCUT2D eigenvalue weighted by Crippen LogP contribution is 2.43. The van der Waals surface area contributed by atoms with Crippen molar-refractivity contribution in [3.63, 3.8) is 0 Å². The summed E-state index contributed by atoms with van der Waals surface area (Å²) in [4.78, 5) is 17.1. The molecule has 2 saturated heterocycles. The summed E-state index contributed by atoms with van der Waals surface area (Å²) in [6.45, 7) is -0.261. The number of guanidine groups is 1. The molecule has 20 nitrogen and oxygen atoms in total. The van der Waals surface area contributed by atoms with Gasteiger partial charge in [0, 0.05) is 32.0 Å². The topological polar surface area (TPSA) is 370 Å². The largest absolute Gasteiger partial charge is 0.396 e. The predicted molar refractivity (Wildman–Crippen MR) is 160 cm³/mol. The van der Waals surface area contributed by atoms with Gasteiger partial charge in [0.05, 0.1) is 30.8 Å². The number of Topliss-reactive ketones (excluding diaryl/α,β-unsaturated/α-hetero) is 1. The van der Waals surface area contributed by atoms with Crippen LogP contribution in [0.4, 0.5) is 0 Å². The van der Waals surface area contributed by atoms with E-state index in [4.69, 9.17) is 52.7 Å². The molecule has 272 valence electrons. The lowest BCUT2D eigenvalue weighted by Gasteiger charge is -2.49. The van der Waals surface area contributed by atoms with Crippen molar-refractivity contribution >= 4 is 11.7 Å². The molecule has 4 fully saturated rings. The Bertz CT molecular complexity index is 1080. The standard InChI is InChI=1S/C27H51N7O13/c28-10-4-9(5-14(37)27(43)6-13(27)34-26(31)32)22(46-25-20(41)15(29)17(38)12(8-36)45-25)21(42)23(10)47-24-16(30)19(40)18(39)11(44-24)7-33-2-1-3-35/h9-13,15-25,33,35-36,38-43H,1-8,28-30H2,(H4,31,32,34)/t9-,10-,11+,12+,13?,15-,16+,17+,18+,19+,20+,21+,22-,23?,24+,25+,27?/m0/s1. The molecule has 2 heterocycles. The number of nitrogens with one attached hydrogen (secondary N) is 1. The maximum Gasteiger partial charge on any atom is 0.186 e. The van der Waals surface area contributed by atoms with Crippen molar-refractivity contribution < 1.29 is 64.6 Å². The fourth-order valence-corrected chi connectivity index (χ4v) is 6.42. The first-order valence-electron chi connectivity index (χ1n) is 15.7. The van der Waals surface area contributed by atoms with E-state index in [9.17, 15) is 40.5 Å². The third kappa shape index (κ3) is 8.37. The summed E-state index contributed by atoms with van der Waals surface area (Å²) in [7, 11) is 0. The molecule has 0 aromatic heterocycles. The zero-order valence-corrected chi connectivity index (χ0v) is 25.8. The van der Waals surface area contributed by atoms with Crippen LogP contribution >= 0.6 is 0 Å². The molecule has 20 heteroatoms. The smallest absolute Gasteiger partial charge is 0.186 e. The fourth-order valence-electron chi connectivity index (χ4n) is 6.42. The summed E-state index contributed by atoms with van der Waals surface area (Å²) < 4.78 is 23.5. The number of ketones is 1. The van der Waals surface area contributed by atoms with Gasteiger partial charge >= 0.3 is 0 Å². The number of nitrogens with zero attached hydrogens (tertiary/aromatic N) is 1. The second kappa shape index (κ2) is 15.9. The molecule has 3 unspecified atom stereocenters. The number of nitrogens with two attached hydrogens (primary N) is 5. The van der Waals surface area contributed by atoms with Gasteiger partial charge in [0.2, 0.25) is 0 Å². The zero-order chi connectivity index (χ0) is 34.8. The lowest BCUT2D eigenvalue weighted by Crippen LogP contribution is -2.68. The SMILES string of the molecule is NC(N)=NC1CC1(O)C(=O)C[C@@H]1C[C@H](N)C(O[C@H]2O[C@H](CNCCCO)[C@@H](O)[C@H](O)[C@H]2N)[C@H](O)[C@H]1O[C@H]1O[C@H](CO)[C@@H](O)[C@H](N)[C@H]1O. The molecule has 17 atom stereocenters. The Morgan fingerprint density at radius 1 is 0.872 bits per heavy atom. The van der Waals surface area contributed by atoms with Crippen LogP contribution in [0.3, 0.4) is 0 Å². The second-order valence-electron chi connectivity index (χ2n) is 12.8. The summed E-state index contributed by atoms with van der Waals surface area (Å²) in [5.41, 5.74) is 27.5. The van der Waals surface area contributed by atoms with Crippen molar-refractivity contribution in [1.82, 2.24) is 5.32 Å². The number of hydrogen-bond acceptors (Lipinski definition) is 18. The predicted octanol–water partition coefficient (Wildman–Crippen LogP) is -8.29. The molecule has 0 radical (unpaired) electrons. The van der Waals surface area contributed by atoms with Crippen molar-refractivity contribution in [2.45, 2.75) is 123 Å². The minimum Gasteiger partial charge on any atom is -0.396 e. The number of carbonyl (C=O) groups is 1. The van der Waals surface area contributed by atoms with Crippen LogP contribution in [0.2, 0.25) is 0 Å². The minimum absolute atomic E-state index is 0.0290. The van der Waals surface area contributed by atoms with Gasteiger partial charge < -0.3 is 93.8 Å². The quantitative estimate of drug-likeness (QED) is 0.0459. The molecule has 2 saturated carbocycles. The van der Waals surface area contributed by atoms with Crippen LogP contribution in [0.15, 0.2) is 4.99 Å². The Hall–Kier alpha value is -1.70. The van der Waals surface area contributed by atoms with Gasteiger partial charge in [0.25, 0.3) is 0 Å². The Morgan fingerprint density at radius 2 is 1.53 bits per heavy atom. The van der Waals surface area contributed by atoms with Gasteiger partial charge in [-0.05, 0) is 25.3 Å². The van der Waals surface area contributed by atoms with Gasteiger partial charge in [-0.1, -0.05) is 0 Å². The van der Waals surface area contributed by atoms with E-state index in [1.165, 1.54) is 0 Å². The summed E-state index contributed by atoms with van der Waals surface area (Å²) in [5, 5.41) is 86.4. The molecular weight excluding hydrogens is 630 g/mol. The fraction of sp³-hybridized carbons (Fsp3) is 0.926. The molecule has 4 aliphatic rings. The normalized spacial score (nSPS) is 47.0. The minimum atomic E-state index is -1.86. The highest BCUT2D eigenvalue weighted by Gasteiger charge is 2.60. The van der Waals surface area contributed by atoms with E-state index < -0.39 is 116 Å². The van der Waals surface area contributed by atoms with Crippen molar-refractivity contribution in [2.24, 2.45) is 39.6 Å². The second-order valence-corrected chi connectivity index (χ2v) is 12.8. The Labute approximate surface area is 270 Å². The molecule has 19 N–H and O–H groups in total. The van der Waals surface area contributed by atoms with Gasteiger partial charge in [-0.15, -0.1) is 0 Å². The Balaban J connectivity index is 1.54. The van der Waals surface area contributed by atoms with Crippen LogP contribution < -0.4 is 34.0 Å². The Kier molecular flexibility index (Phi) is 12.9. The van der Waals surface area contributed by atoms with E-state index in [0.29, 0.717) is 13.0 Å². The van der Waals surface area contributed by atoms with E-state index in [0.717, 1.165) is 0 Å². The average molecular weight is 682 g/mol. The first-order chi connectivity index (χ1) is 22.1. The molecule has 0 aromatic rings. The van der Waals surface area contributed by atoms with Gasteiger partial charge in [-0.2, -0.15) is 0 Å². The number of carbonyl (C=O) groups excluding carboxylic acids is 1. The lowest BCUT2D eigenvalue weighted by molar-refractivity contribution is -0.323. The first-order valence-corrected chi connectivity index (χ1v) is 15.7. The van der Waals surface area contributed by atoms with E-state index in [-0.39, 0.29) is 38.4 Å². The van der Waals surface area contributed by atoms with Crippen molar-refractivity contribution in [1.29, 1.82) is 0 Å². The first kappa shape index (κ1) is 38.1. The van der Waals surface area contributed by atoms with Crippen LogP contribution in [-0.4, -0.2) is 176 Å². The molecule has 0 spiro atoms. The third-order valence-corrected chi connectivity index (χ3v) is 9.39. The summed E-state index contributed by atoms with van der Waals surface area (Å²) in [6.07, 6.45) is -15.5. The summed E-state index contributed by atoms with van der Waals surface area (Å²) in [5.74, 6) is -1.86. The number of aliphatic hydroxyl groups excluding tert-OH is 7. The molecule has 2 aliphatic heterocycles. The van der Waals surface area contributed by atoms with E-state index in [1.54, 1.807) is 0 Å². The van der Waals surface area contributed by atoms with Crippen LogP contribution in [0.5, 0.6) is 0 Å². The van der Waals surface area contributed by atoms with E-state index in [2.05, 4.69) is 10.3 Å². The van der Waals surface area contributed by atoms with Gasteiger partial charge in [-0.25, -0.2) is 4.99 Å². The third-order valence-electron chi connectivity index (χ3n) is 9.39. The van der Waals surface area contributed by atoms with E-state index in [1.807, 2.05) is 0 Å². The molecule has 0 bridgehead atoms. The molecule has 0 aromatic carbocycles. The van der Waals surface area contributed by atoms with Crippen LogP contribution in [0.25, 0.3) is 0 Å². The van der Waals surface area contributed by atoms with Gasteiger partial charge in [-0.3, -0.25) is 4.79 Å². The van der Waals surface area contributed by atoms with Crippen molar-refractivity contribution in [3.8, 4) is 0 Å². The average Bonchev–Trinajstić information content (AvgIpc) is 3.68. The molecule has 2 aliphatic carbocycles. The number of aliphatic imine (C=N–C) groups is 1. The van der Waals surface area contributed by atoms with Crippen LogP contribution in [0.1, 0.15) is 25.7 Å². The molecular formula is C27H51N7O13. The monoisotopic (exact) mass is 681 g/mol. The van der Waals surface area contributed by atoms with Gasteiger partial charge in [0.15, 0.2) is 24.3 Å². The maximum absolute atomic E-state index is 13.3. The number of rotatable bonds is 14. The van der Waals surface area contributed by atoms with Crippen LogP contribution in [0, 0.1) is 5.92 Å². The number of aliphatic hydroxyl groups is 8. The van der Waals surface area contributed by atoms with Crippen LogP contribution in [-0.2, 0) is 23.7 Å². The Morgan fingerprint density at radius 3 is 2.17 bits per heavy atom. The molecule has 47 heavy (non-hydrogen) atoms. The van der Waals surface area contributed by atoms with Crippen molar-refractivity contribution in [3.05, 3.63) is 0 Å². The summed E-state index contributed by atoms with van der Waals surface area (Å²) >= 11 is 0. The zero-order valence-electron chi connectivity index (χ0n) is 25.8. The van der Waals surface area contributed by atoms with Crippen molar-refractivity contribution in [2.75, 3.05) is 26.3 Å². The molecule has 0 amide bonds. The summed E-state index contributed by atoms with van der Waals surface area (Å²) in [6, 6.07) is -4.43. The maximum atomic E-state index is 13.3. The van der Waals surface area contributed by atoms with Gasteiger partial charge in [0.1, 0.15) is 54.4 Å². The highest BCUT2D eigenvalue weighted by atomic mass is 16.7.